The van der Waals surface area contributed by atoms with E-state index >= 15 is 0 Å². The minimum Gasteiger partial charge on any atom is -0.381 e. The Morgan fingerprint density at radius 1 is 0.895 bits per heavy atom. The Balaban J connectivity index is 2.03. The minimum absolute atomic E-state index is 0.397. The molecular formula is C15H14N2O2. The Morgan fingerprint density at radius 2 is 1.53 bits per heavy atom. The average Bonchev–Trinajstić information content (AvgIpc) is 2.58. The molecule has 96 valence electrons. The van der Waals surface area contributed by atoms with Crippen LogP contribution in [0.1, 0.15) is 11.6 Å². The van der Waals surface area contributed by atoms with Gasteiger partial charge in [-0.15, -0.1) is 0 Å². The van der Waals surface area contributed by atoms with Gasteiger partial charge in [0.25, 0.3) is 5.91 Å². The summed E-state index contributed by atoms with van der Waals surface area (Å²) in [5.41, 5.74) is 2.37. The van der Waals surface area contributed by atoms with Gasteiger partial charge in [-0.1, -0.05) is 42.5 Å². The second-order valence-electron chi connectivity index (χ2n) is 4.51. The van der Waals surface area contributed by atoms with E-state index < -0.39 is 18.1 Å². The summed E-state index contributed by atoms with van der Waals surface area (Å²) in [5, 5.41) is 16.1. The van der Waals surface area contributed by atoms with Crippen molar-refractivity contribution < 1.29 is 9.90 Å². The molecule has 1 heterocycles. The van der Waals surface area contributed by atoms with E-state index in [1.807, 2.05) is 48.5 Å². The van der Waals surface area contributed by atoms with Crippen molar-refractivity contribution in [2.24, 2.45) is 0 Å². The first-order valence-electron chi connectivity index (χ1n) is 6.15. The van der Waals surface area contributed by atoms with Gasteiger partial charge in [0.05, 0.1) is 17.4 Å². The quantitative estimate of drug-likeness (QED) is 0.730. The summed E-state index contributed by atoms with van der Waals surface area (Å²) in [7, 11) is 0. The molecule has 0 saturated heterocycles. The van der Waals surface area contributed by atoms with Crippen molar-refractivity contribution >= 4 is 17.3 Å². The number of fused-ring (bicyclic) bond motifs is 1. The van der Waals surface area contributed by atoms with Crippen LogP contribution >= 0.6 is 0 Å². The van der Waals surface area contributed by atoms with Gasteiger partial charge in [-0.2, -0.15) is 0 Å². The standard InChI is InChI=1S/C15H14N2O2/c18-14-13(10-6-2-1-3-7-10)16-11-8-4-5-9-12(11)17-15(14)19/h1-9,13-14,16,18H,(H,17,19)/t13-,14+/m0/s1. The van der Waals surface area contributed by atoms with Gasteiger partial charge in [-0.3, -0.25) is 4.79 Å². The molecule has 0 fully saturated rings. The first-order valence-corrected chi connectivity index (χ1v) is 6.15. The maximum atomic E-state index is 12.0. The zero-order chi connectivity index (χ0) is 13.2. The molecule has 0 aromatic heterocycles. The second-order valence-corrected chi connectivity index (χ2v) is 4.51. The van der Waals surface area contributed by atoms with Gasteiger partial charge in [0.2, 0.25) is 0 Å². The van der Waals surface area contributed by atoms with Crippen LogP contribution in [-0.2, 0) is 4.79 Å². The summed E-state index contributed by atoms with van der Waals surface area (Å²) in [6.07, 6.45) is -1.13. The zero-order valence-electron chi connectivity index (χ0n) is 10.2. The molecule has 0 unspecified atom stereocenters. The summed E-state index contributed by atoms with van der Waals surface area (Å²) in [6, 6.07) is 16.4. The van der Waals surface area contributed by atoms with Gasteiger partial charge in [-0.25, -0.2) is 0 Å². The number of carbonyl (C=O) groups is 1. The number of carbonyl (C=O) groups excluding carboxylic acids is 1. The highest BCUT2D eigenvalue weighted by Crippen LogP contribution is 2.31. The van der Waals surface area contributed by atoms with Crippen LogP contribution in [0.5, 0.6) is 0 Å². The predicted octanol–water partition coefficient (Wildman–Crippen LogP) is 2.15. The van der Waals surface area contributed by atoms with Crippen molar-refractivity contribution in [2.75, 3.05) is 10.6 Å². The molecule has 0 radical (unpaired) electrons. The molecule has 3 N–H and O–H groups in total. The van der Waals surface area contributed by atoms with Gasteiger partial charge in [0, 0.05) is 0 Å². The lowest BCUT2D eigenvalue weighted by Gasteiger charge is -2.21. The molecule has 4 nitrogen and oxygen atoms in total. The maximum absolute atomic E-state index is 12.0. The van der Waals surface area contributed by atoms with Crippen LogP contribution in [0.2, 0.25) is 0 Å². The average molecular weight is 254 g/mol. The van der Waals surface area contributed by atoms with Crippen molar-refractivity contribution in [1.82, 2.24) is 0 Å². The third-order valence-corrected chi connectivity index (χ3v) is 3.24. The normalized spacial score (nSPS) is 21.8. The van der Waals surface area contributed by atoms with Crippen molar-refractivity contribution in [3.63, 3.8) is 0 Å². The number of rotatable bonds is 1. The molecule has 0 aliphatic carbocycles. The Kier molecular flexibility index (Phi) is 2.93. The van der Waals surface area contributed by atoms with Crippen molar-refractivity contribution in [3.8, 4) is 0 Å². The van der Waals surface area contributed by atoms with E-state index in [1.165, 1.54) is 0 Å². The molecule has 0 spiro atoms. The Bertz CT molecular complexity index is 598. The summed E-state index contributed by atoms with van der Waals surface area (Å²) in [4.78, 5) is 12.0. The van der Waals surface area contributed by atoms with Crippen LogP contribution in [0.15, 0.2) is 54.6 Å². The summed E-state index contributed by atoms with van der Waals surface area (Å²) in [5.74, 6) is -0.397. The van der Waals surface area contributed by atoms with Crippen molar-refractivity contribution in [3.05, 3.63) is 60.2 Å². The Hall–Kier alpha value is -2.33. The molecule has 2 atom stereocenters. The fourth-order valence-electron chi connectivity index (χ4n) is 2.25. The van der Waals surface area contributed by atoms with E-state index in [1.54, 1.807) is 6.07 Å². The van der Waals surface area contributed by atoms with Crippen molar-refractivity contribution in [2.45, 2.75) is 12.1 Å². The van der Waals surface area contributed by atoms with Crippen LogP contribution in [-0.4, -0.2) is 17.1 Å². The van der Waals surface area contributed by atoms with E-state index in [9.17, 15) is 9.90 Å². The smallest absolute Gasteiger partial charge is 0.255 e. The molecule has 0 bridgehead atoms. The number of aliphatic hydroxyl groups excluding tert-OH is 1. The van der Waals surface area contributed by atoms with E-state index in [-0.39, 0.29) is 0 Å². The molecule has 1 amide bonds. The molecule has 19 heavy (non-hydrogen) atoms. The van der Waals surface area contributed by atoms with Gasteiger partial charge in [-0.05, 0) is 17.7 Å². The monoisotopic (exact) mass is 254 g/mol. The van der Waals surface area contributed by atoms with Crippen LogP contribution in [0.25, 0.3) is 0 Å². The van der Waals surface area contributed by atoms with Crippen molar-refractivity contribution in [1.29, 1.82) is 0 Å². The first-order chi connectivity index (χ1) is 9.25. The summed E-state index contributed by atoms with van der Waals surface area (Å²) in [6.45, 7) is 0. The molecular weight excluding hydrogens is 240 g/mol. The number of hydrogen-bond donors (Lipinski definition) is 3. The number of para-hydroxylation sites is 2. The lowest BCUT2D eigenvalue weighted by atomic mass is 10.0. The fourth-order valence-corrected chi connectivity index (χ4v) is 2.25. The number of anilines is 2. The largest absolute Gasteiger partial charge is 0.381 e. The summed E-state index contributed by atoms with van der Waals surface area (Å²) < 4.78 is 0. The van der Waals surface area contributed by atoms with E-state index in [0.29, 0.717) is 5.69 Å². The fraction of sp³-hybridized carbons (Fsp3) is 0.133. The van der Waals surface area contributed by atoms with Crippen LogP contribution in [0, 0.1) is 0 Å². The number of hydrogen-bond acceptors (Lipinski definition) is 3. The molecule has 3 rings (SSSR count). The number of amides is 1. The van der Waals surface area contributed by atoms with Gasteiger partial charge in [0.1, 0.15) is 0 Å². The van der Waals surface area contributed by atoms with Gasteiger partial charge in [0.15, 0.2) is 6.10 Å². The zero-order valence-corrected chi connectivity index (χ0v) is 10.2. The predicted molar refractivity (Wildman–Crippen MR) is 73.9 cm³/mol. The Labute approximate surface area is 111 Å². The van der Waals surface area contributed by atoms with Crippen LogP contribution < -0.4 is 10.6 Å². The number of aliphatic hydroxyl groups is 1. The molecule has 4 heteroatoms. The molecule has 1 aliphatic heterocycles. The maximum Gasteiger partial charge on any atom is 0.255 e. The van der Waals surface area contributed by atoms with Crippen LogP contribution in [0.4, 0.5) is 11.4 Å². The number of benzene rings is 2. The third-order valence-electron chi connectivity index (χ3n) is 3.24. The van der Waals surface area contributed by atoms with E-state index in [2.05, 4.69) is 10.6 Å². The summed E-state index contributed by atoms with van der Waals surface area (Å²) >= 11 is 0. The van der Waals surface area contributed by atoms with Crippen LogP contribution in [0.3, 0.4) is 0 Å². The van der Waals surface area contributed by atoms with Gasteiger partial charge >= 0.3 is 0 Å². The highest BCUT2D eigenvalue weighted by atomic mass is 16.3. The minimum atomic E-state index is -1.13. The highest BCUT2D eigenvalue weighted by molar-refractivity contribution is 5.99. The van der Waals surface area contributed by atoms with E-state index in [0.717, 1.165) is 11.3 Å². The van der Waals surface area contributed by atoms with E-state index in [4.69, 9.17) is 0 Å². The third kappa shape index (κ3) is 2.18. The second kappa shape index (κ2) is 4.74. The SMILES string of the molecule is O=C1Nc2ccccc2N[C@@H](c2ccccc2)[C@H]1O. The molecule has 0 saturated carbocycles. The lowest BCUT2D eigenvalue weighted by molar-refractivity contribution is -0.124. The molecule has 2 aromatic rings. The molecule has 1 aliphatic rings. The molecule has 2 aromatic carbocycles. The first kappa shape index (κ1) is 11.7. The highest BCUT2D eigenvalue weighted by Gasteiger charge is 2.31. The van der Waals surface area contributed by atoms with Gasteiger partial charge < -0.3 is 15.7 Å². The topological polar surface area (TPSA) is 61.4 Å². The lowest BCUT2D eigenvalue weighted by Crippen LogP contribution is -2.34. The number of nitrogens with one attached hydrogen (secondary N) is 2. The Morgan fingerprint density at radius 3 is 2.26 bits per heavy atom.